The molecule has 0 spiro atoms. The fraction of sp³-hybridized carbons (Fsp3) is 0.167. The maximum absolute atomic E-state index is 12.8. The van der Waals surface area contributed by atoms with Crippen LogP contribution in [0, 0.1) is 0 Å². The van der Waals surface area contributed by atoms with Gasteiger partial charge in [-0.1, -0.05) is 41.7 Å². The van der Waals surface area contributed by atoms with Crippen LogP contribution in [0.3, 0.4) is 0 Å². The predicted molar refractivity (Wildman–Crippen MR) is 125 cm³/mol. The molecule has 0 unspecified atom stereocenters. The zero-order valence-corrected chi connectivity index (χ0v) is 18.9. The Balaban J connectivity index is 1.71. The van der Waals surface area contributed by atoms with E-state index in [9.17, 15) is 22.8 Å². The van der Waals surface area contributed by atoms with Crippen molar-refractivity contribution >= 4 is 22.4 Å². The number of hydrogen-bond acceptors (Lipinski definition) is 5. The molecule has 1 amide bonds. The third kappa shape index (κ3) is 4.91. The van der Waals surface area contributed by atoms with Crippen LogP contribution in [0.15, 0.2) is 71.5 Å². The van der Waals surface area contributed by atoms with Gasteiger partial charge in [0.15, 0.2) is 5.13 Å². The van der Waals surface area contributed by atoms with Crippen molar-refractivity contribution in [3.05, 3.63) is 88.2 Å². The summed E-state index contributed by atoms with van der Waals surface area (Å²) in [5.41, 5.74) is 0.860. The van der Waals surface area contributed by atoms with Crippen molar-refractivity contribution in [1.29, 1.82) is 0 Å². The zero-order chi connectivity index (χ0) is 24.5. The average Bonchev–Trinajstić information content (AvgIpc) is 3.23. The van der Waals surface area contributed by atoms with Crippen molar-refractivity contribution < 1.29 is 18.0 Å². The molecule has 1 N–H and O–H groups in total. The zero-order valence-electron chi connectivity index (χ0n) is 18.1. The number of halogens is 3. The van der Waals surface area contributed by atoms with Crippen molar-refractivity contribution in [2.75, 3.05) is 5.32 Å². The second-order valence-corrected chi connectivity index (χ2v) is 8.69. The summed E-state index contributed by atoms with van der Waals surface area (Å²) in [5.74, 6) is -0.589. The molecule has 4 aromatic rings. The predicted octanol–water partition coefficient (Wildman–Crippen LogP) is 5.89. The van der Waals surface area contributed by atoms with Gasteiger partial charge in [-0.15, -0.1) is 0 Å². The number of carbonyl (C=O) groups excluding carboxylic acids is 1. The lowest BCUT2D eigenvalue weighted by molar-refractivity contribution is -0.137. The van der Waals surface area contributed by atoms with Crippen LogP contribution in [0.1, 0.15) is 35.8 Å². The maximum Gasteiger partial charge on any atom is 0.416 e. The molecule has 0 bridgehead atoms. The SMILES string of the molecule is CC(C)n1nc(-c2sc(NC(=O)c3ccc(C(F)(F)F)cc3)nc2-c2ccccc2)ccc1=O. The Labute approximate surface area is 196 Å². The third-order valence-corrected chi connectivity index (χ3v) is 5.91. The van der Waals surface area contributed by atoms with Gasteiger partial charge >= 0.3 is 6.18 Å². The fourth-order valence-electron chi connectivity index (χ4n) is 3.24. The molecule has 34 heavy (non-hydrogen) atoms. The quantitative estimate of drug-likeness (QED) is 0.384. The summed E-state index contributed by atoms with van der Waals surface area (Å²) in [6.07, 6.45) is -4.48. The van der Waals surface area contributed by atoms with E-state index in [2.05, 4.69) is 15.4 Å². The third-order valence-electron chi connectivity index (χ3n) is 4.92. The largest absolute Gasteiger partial charge is 0.416 e. The molecule has 2 heterocycles. The van der Waals surface area contributed by atoms with E-state index in [1.165, 1.54) is 10.7 Å². The Hall–Kier alpha value is -3.79. The average molecular weight is 485 g/mol. The van der Waals surface area contributed by atoms with E-state index in [1.807, 2.05) is 44.2 Å². The summed E-state index contributed by atoms with van der Waals surface area (Å²) < 4.78 is 39.8. The van der Waals surface area contributed by atoms with Gasteiger partial charge in [-0.05, 0) is 44.2 Å². The molecule has 0 saturated heterocycles. The highest BCUT2D eigenvalue weighted by molar-refractivity contribution is 7.19. The highest BCUT2D eigenvalue weighted by atomic mass is 32.1. The molecule has 0 atom stereocenters. The van der Waals surface area contributed by atoms with Crippen molar-refractivity contribution in [2.24, 2.45) is 0 Å². The lowest BCUT2D eigenvalue weighted by Gasteiger charge is -2.09. The summed E-state index contributed by atoms with van der Waals surface area (Å²) in [6, 6.07) is 16.1. The van der Waals surface area contributed by atoms with Crippen LogP contribution in [-0.2, 0) is 6.18 Å². The minimum Gasteiger partial charge on any atom is -0.298 e. The number of carbonyl (C=O) groups is 1. The van der Waals surface area contributed by atoms with Crippen molar-refractivity contribution in [3.63, 3.8) is 0 Å². The molecule has 10 heteroatoms. The van der Waals surface area contributed by atoms with E-state index < -0.39 is 17.6 Å². The monoisotopic (exact) mass is 484 g/mol. The number of aromatic nitrogens is 3. The Bertz CT molecular complexity index is 1380. The second kappa shape index (κ2) is 9.22. The van der Waals surface area contributed by atoms with E-state index in [4.69, 9.17) is 0 Å². The number of benzene rings is 2. The number of hydrogen-bond donors (Lipinski definition) is 1. The number of alkyl halides is 3. The number of nitrogens with zero attached hydrogens (tertiary/aromatic N) is 3. The smallest absolute Gasteiger partial charge is 0.298 e. The van der Waals surface area contributed by atoms with Gasteiger partial charge in [-0.25, -0.2) is 9.67 Å². The van der Waals surface area contributed by atoms with Crippen LogP contribution in [0.25, 0.3) is 21.8 Å². The Morgan fingerprint density at radius 3 is 2.29 bits per heavy atom. The van der Waals surface area contributed by atoms with Gasteiger partial charge in [0, 0.05) is 17.2 Å². The van der Waals surface area contributed by atoms with Gasteiger partial charge in [0.25, 0.3) is 11.5 Å². The highest BCUT2D eigenvalue weighted by Crippen LogP contribution is 2.38. The van der Waals surface area contributed by atoms with Crippen LogP contribution in [0.5, 0.6) is 0 Å². The van der Waals surface area contributed by atoms with Crippen molar-refractivity contribution in [2.45, 2.75) is 26.1 Å². The van der Waals surface area contributed by atoms with Gasteiger partial charge < -0.3 is 0 Å². The molecule has 6 nitrogen and oxygen atoms in total. The molecule has 0 saturated carbocycles. The molecule has 0 aliphatic carbocycles. The first kappa shape index (κ1) is 23.4. The molecule has 2 aromatic carbocycles. The van der Waals surface area contributed by atoms with Crippen molar-refractivity contribution in [1.82, 2.24) is 14.8 Å². The lowest BCUT2D eigenvalue weighted by Crippen LogP contribution is -2.23. The summed E-state index contributed by atoms with van der Waals surface area (Å²) in [6.45, 7) is 3.69. The van der Waals surface area contributed by atoms with E-state index in [0.29, 0.717) is 16.3 Å². The molecule has 4 rings (SSSR count). The van der Waals surface area contributed by atoms with E-state index in [-0.39, 0.29) is 22.3 Å². The van der Waals surface area contributed by atoms with E-state index in [1.54, 1.807) is 6.07 Å². The Morgan fingerprint density at radius 2 is 1.68 bits per heavy atom. The summed E-state index contributed by atoms with van der Waals surface area (Å²) in [7, 11) is 0. The van der Waals surface area contributed by atoms with E-state index in [0.717, 1.165) is 41.2 Å². The molecule has 0 radical (unpaired) electrons. The number of anilines is 1. The number of rotatable bonds is 5. The fourth-order valence-corrected chi connectivity index (χ4v) is 4.18. The highest BCUT2D eigenvalue weighted by Gasteiger charge is 2.30. The maximum atomic E-state index is 12.8. The lowest BCUT2D eigenvalue weighted by atomic mass is 10.1. The summed E-state index contributed by atoms with van der Waals surface area (Å²) in [4.78, 5) is 30.0. The van der Waals surface area contributed by atoms with Gasteiger partial charge in [-0.3, -0.25) is 14.9 Å². The molecule has 174 valence electrons. The summed E-state index contributed by atoms with van der Waals surface area (Å²) >= 11 is 1.16. The molecule has 0 aliphatic heterocycles. The molecular weight excluding hydrogens is 465 g/mol. The number of nitrogens with one attached hydrogen (secondary N) is 1. The minimum absolute atomic E-state index is 0.0671. The standard InChI is InChI=1S/C24H19F3N4O2S/c1-14(2)31-19(32)13-12-18(30-31)21-20(15-6-4-3-5-7-15)28-23(34-21)29-22(33)16-8-10-17(11-9-16)24(25,26)27/h3-14H,1-2H3,(H,28,29,33). The Morgan fingerprint density at radius 1 is 1.00 bits per heavy atom. The van der Waals surface area contributed by atoms with E-state index >= 15 is 0 Å². The topological polar surface area (TPSA) is 76.9 Å². The van der Waals surface area contributed by atoms with Crippen LogP contribution >= 0.6 is 11.3 Å². The molecule has 0 fully saturated rings. The van der Waals surface area contributed by atoms with Gasteiger partial charge in [0.05, 0.1) is 22.2 Å². The van der Waals surface area contributed by atoms with Crippen molar-refractivity contribution in [3.8, 4) is 21.8 Å². The van der Waals surface area contributed by atoms with Crippen LogP contribution in [0.2, 0.25) is 0 Å². The minimum atomic E-state index is -4.48. The first-order chi connectivity index (χ1) is 16.1. The Kier molecular flexibility index (Phi) is 6.34. The molecule has 0 aliphatic rings. The molecule has 2 aromatic heterocycles. The van der Waals surface area contributed by atoms with Gasteiger partial charge in [-0.2, -0.15) is 18.3 Å². The molecular formula is C24H19F3N4O2S. The van der Waals surface area contributed by atoms with Crippen LogP contribution < -0.4 is 10.9 Å². The second-order valence-electron chi connectivity index (χ2n) is 7.69. The van der Waals surface area contributed by atoms with Gasteiger partial charge in [0.2, 0.25) is 0 Å². The number of amides is 1. The van der Waals surface area contributed by atoms with Gasteiger partial charge in [0.1, 0.15) is 5.69 Å². The van der Waals surface area contributed by atoms with Crippen LogP contribution in [0.4, 0.5) is 18.3 Å². The first-order valence-corrected chi connectivity index (χ1v) is 11.1. The first-order valence-electron chi connectivity index (χ1n) is 10.3. The number of thiazole rings is 1. The normalized spacial score (nSPS) is 11.6. The van der Waals surface area contributed by atoms with Crippen LogP contribution in [-0.4, -0.2) is 20.7 Å². The summed E-state index contributed by atoms with van der Waals surface area (Å²) in [5, 5.41) is 7.38.